The molecule has 28 heavy (non-hydrogen) atoms. The maximum absolute atomic E-state index is 12.5. The number of anilines is 1. The van der Waals surface area contributed by atoms with Crippen LogP contribution in [0.25, 0.3) is 0 Å². The topological polar surface area (TPSA) is 60.9 Å². The SMILES string of the molecule is COc1ccc(N(C)C(=O)COc2ccccc2OCc2ccccc2)cn1. The van der Waals surface area contributed by atoms with Gasteiger partial charge in [0.15, 0.2) is 18.1 Å². The van der Waals surface area contributed by atoms with E-state index in [0.29, 0.717) is 29.7 Å². The minimum Gasteiger partial charge on any atom is -0.485 e. The molecular formula is C22H22N2O4. The smallest absolute Gasteiger partial charge is 0.264 e. The average molecular weight is 378 g/mol. The predicted octanol–water partition coefficient (Wildman–Crippen LogP) is 3.71. The van der Waals surface area contributed by atoms with Gasteiger partial charge in [-0.1, -0.05) is 42.5 Å². The highest BCUT2D eigenvalue weighted by Crippen LogP contribution is 2.27. The molecule has 6 nitrogen and oxygen atoms in total. The molecule has 2 aromatic carbocycles. The van der Waals surface area contributed by atoms with Crippen LogP contribution in [0.2, 0.25) is 0 Å². The van der Waals surface area contributed by atoms with E-state index in [9.17, 15) is 4.79 Å². The van der Waals surface area contributed by atoms with Crippen molar-refractivity contribution in [2.75, 3.05) is 25.7 Å². The van der Waals surface area contributed by atoms with E-state index in [4.69, 9.17) is 14.2 Å². The molecule has 0 N–H and O–H groups in total. The molecule has 0 aliphatic carbocycles. The third kappa shape index (κ3) is 5.01. The molecule has 0 aliphatic rings. The minimum absolute atomic E-state index is 0.117. The summed E-state index contributed by atoms with van der Waals surface area (Å²) in [5.74, 6) is 1.40. The van der Waals surface area contributed by atoms with Crippen LogP contribution < -0.4 is 19.1 Å². The Balaban J connectivity index is 1.59. The highest BCUT2D eigenvalue weighted by molar-refractivity contribution is 5.93. The molecule has 1 amide bonds. The number of ether oxygens (including phenoxy) is 3. The van der Waals surface area contributed by atoms with Gasteiger partial charge >= 0.3 is 0 Å². The maximum atomic E-state index is 12.5. The minimum atomic E-state index is -0.204. The fourth-order valence-corrected chi connectivity index (χ4v) is 2.50. The van der Waals surface area contributed by atoms with Crippen LogP contribution in [0.4, 0.5) is 5.69 Å². The number of pyridine rings is 1. The highest BCUT2D eigenvalue weighted by atomic mass is 16.5. The van der Waals surface area contributed by atoms with Gasteiger partial charge in [0.25, 0.3) is 5.91 Å². The van der Waals surface area contributed by atoms with Crippen LogP contribution in [0.15, 0.2) is 72.9 Å². The lowest BCUT2D eigenvalue weighted by molar-refractivity contribution is -0.120. The average Bonchev–Trinajstić information content (AvgIpc) is 2.76. The summed E-state index contributed by atoms with van der Waals surface area (Å²) in [6, 6.07) is 20.6. The van der Waals surface area contributed by atoms with Gasteiger partial charge in [-0.05, 0) is 23.8 Å². The van der Waals surface area contributed by atoms with Gasteiger partial charge in [-0.25, -0.2) is 4.98 Å². The van der Waals surface area contributed by atoms with Gasteiger partial charge in [0.1, 0.15) is 6.61 Å². The lowest BCUT2D eigenvalue weighted by Gasteiger charge is -2.18. The molecule has 0 fully saturated rings. The zero-order valence-corrected chi connectivity index (χ0v) is 15.9. The second-order valence-electron chi connectivity index (χ2n) is 6.02. The van der Waals surface area contributed by atoms with Crippen LogP contribution in [0.5, 0.6) is 17.4 Å². The van der Waals surface area contributed by atoms with Gasteiger partial charge in [-0.15, -0.1) is 0 Å². The summed E-state index contributed by atoms with van der Waals surface area (Å²) in [6.07, 6.45) is 1.58. The summed E-state index contributed by atoms with van der Waals surface area (Å²) in [4.78, 5) is 18.1. The molecule has 3 aromatic rings. The lowest BCUT2D eigenvalue weighted by atomic mass is 10.2. The van der Waals surface area contributed by atoms with Crippen LogP contribution in [0, 0.1) is 0 Å². The molecule has 0 saturated heterocycles. The van der Waals surface area contributed by atoms with E-state index >= 15 is 0 Å². The molecule has 6 heteroatoms. The Morgan fingerprint density at radius 2 is 1.61 bits per heavy atom. The van der Waals surface area contributed by atoms with Crippen LogP contribution in [0.3, 0.4) is 0 Å². The van der Waals surface area contributed by atoms with Crippen molar-refractivity contribution in [3.8, 4) is 17.4 Å². The zero-order chi connectivity index (χ0) is 19.8. The van der Waals surface area contributed by atoms with Gasteiger partial charge in [-0.2, -0.15) is 0 Å². The van der Waals surface area contributed by atoms with Crippen molar-refractivity contribution in [3.05, 3.63) is 78.5 Å². The van der Waals surface area contributed by atoms with Crippen molar-refractivity contribution in [1.82, 2.24) is 4.98 Å². The molecule has 0 bridgehead atoms. The fraction of sp³-hybridized carbons (Fsp3) is 0.182. The normalized spacial score (nSPS) is 10.2. The second-order valence-corrected chi connectivity index (χ2v) is 6.02. The Morgan fingerprint density at radius 3 is 2.25 bits per heavy atom. The van der Waals surface area contributed by atoms with Gasteiger partial charge < -0.3 is 19.1 Å². The molecule has 0 atom stereocenters. The summed E-state index contributed by atoms with van der Waals surface area (Å²) < 4.78 is 16.6. The molecule has 0 aliphatic heterocycles. The quantitative estimate of drug-likeness (QED) is 0.598. The summed E-state index contributed by atoms with van der Waals surface area (Å²) >= 11 is 0. The van der Waals surface area contributed by atoms with Crippen LogP contribution >= 0.6 is 0 Å². The van der Waals surface area contributed by atoms with Gasteiger partial charge in [0.05, 0.1) is 19.0 Å². The monoisotopic (exact) mass is 378 g/mol. The number of carbonyl (C=O) groups excluding carboxylic acids is 1. The molecule has 0 radical (unpaired) electrons. The zero-order valence-electron chi connectivity index (χ0n) is 15.9. The first-order valence-electron chi connectivity index (χ1n) is 8.82. The number of methoxy groups -OCH3 is 1. The van der Waals surface area contributed by atoms with E-state index in [-0.39, 0.29) is 12.5 Å². The Labute approximate surface area is 164 Å². The van der Waals surface area contributed by atoms with Crippen molar-refractivity contribution in [2.24, 2.45) is 0 Å². The van der Waals surface area contributed by atoms with Crippen molar-refractivity contribution in [2.45, 2.75) is 6.61 Å². The molecule has 144 valence electrons. The summed E-state index contributed by atoms with van der Waals surface area (Å²) in [5, 5.41) is 0. The van der Waals surface area contributed by atoms with Gasteiger partial charge in [0.2, 0.25) is 5.88 Å². The first kappa shape index (κ1) is 19.2. The number of aromatic nitrogens is 1. The number of hydrogen-bond acceptors (Lipinski definition) is 5. The number of rotatable bonds is 8. The standard InChI is InChI=1S/C22H22N2O4/c1-24(18-12-13-21(26-2)23-14-18)22(25)16-28-20-11-7-6-10-19(20)27-15-17-8-4-3-5-9-17/h3-14H,15-16H2,1-2H3. The first-order valence-corrected chi connectivity index (χ1v) is 8.82. The maximum Gasteiger partial charge on any atom is 0.264 e. The molecular weight excluding hydrogens is 356 g/mol. The third-order valence-corrected chi connectivity index (χ3v) is 4.13. The highest BCUT2D eigenvalue weighted by Gasteiger charge is 2.14. The number of hydrogen-bond donors (Lipinski definition) is 0. The second kappa shape index (κ2) is 9.41. The number of nitrogens with zero attached hydrogens (tertiary/aromatic N) is 2. The van der Waals surface area contributed by atoms with E-state index in [1.54, 1.807) is 38.6 Å². The molecule has 1 aromatic heterocycles. The largest absolute Gasteiger partial charge is 0.485 e. The number of amides is 1. The van der Waals surface area contributed by atoms with Crippen LogP contribution in [-0.2, 0) is 11.4 Å². The predicted molar refractivity (Wildman–Crippen MR) is 107 cm³/mol. The van der Waals surface area contributed by atoms with Crippen molar-refractivity contribution in [1.29, 1.82) is 0 Å². The molecule has 1 heterocycles. The summed E-state index contributed by atoms with van der Waals surface area (Å²) in [5.41, 5.74) is 1.71. The summed E-state index contributed by atoms with van der Waals surface area (Å²) in [6.45, 7) is 0.306. The molecule has 3 rings (SSSR count). The number of benzene rings is 2. The van der Waals surface area contributed by atoms with E-state index in [2.05, 4.69) is 4.98 Å². The summed E-state index contributed by atoms with van der Waals surface area (Å²) in [7, 11) is 3.22. The van der Waals surface area contributed by atoms with Crippen molar-refractivity contribution >= 4 is 11.6 Å². The molecule has 0 unspecified atom stereocenters. The molecule has 0 saturated carbocycles. The van der Waals surface area contributed by atoms with E-state index in [1.165, 1.54) is 4.90 Å². The van der Waals surface area contributed by atoms with Gasteiger partial charge in [-0.3, -0.25) is 4.79 Å². The Morgan fingerprint density at radius 1 is 0.929 bits per heavy atom. The number of para-hydroxylation sites is 2. The first-order chi connectivity index (χ1) is 13.7. The Hall–Kier alpha value is -3.54. The van der Waals surface area contributed by atoms with E-state index in [0.717, 1.165) is 5.56 Å². The Bertz CT molecular complexity index is 898. The molecule has 0 spiro atoms. The van der Waals surface area contributed by atoms with Crippen molar-refractivity contribution < 1.29 is 19.0 Å². The van der Waals surface area contributed by atoms with Crippen LogP contribution in [0.1, 0.15) is 5.56 Å². The van der Waals surface area contributed by atoms with E-state index < -0.39 is 0 Å². The fourth-order valence-electron chi connectivity index (χ4n) is 2.50. The Kier molecular flexibility index (Phi) is 6.46. The number of carbonyl (C=O) groups is 1. The van der Waals surface area contributed by atoms with Gasteiger partial charge in [0, 0.05) is 13.1 Å². The van der Waals surface area contributed by atoms with Crippen LogP contribution in [-0.4, -0.2) is 31.7 Å². The lowest BCUT2D eigenvalue weighted by Crippen LogP contribution is -2.31. The van der Waals surface area contributed by atoms with E-state index in [1.807, 2.05) is 48.5 Å². The third-order valence-electron chi connectivity index (χ3n) is 4.13. The number of likely N-dealkylation sites (N-methyl/N-ethyl adjacent to an activating group) is 1. The van der Waals surface area contributed by atoms with Crippen molar-refractivity contribution in [3.63, 3.8) is 0 Å².